The quantitative estimate of drug-likeness (QED) is 0.761. The predicted molar refractivity (Wildman–Crippen MR) is 81.1 cm³/mol. The summed E-state index contributed by atoms with van der Waals surface area (Å²) in [5.74, 6) is 4.92. The van der Waals surface area contributed by atoms with Crippen molar-refractivity contribution in [3.05, 3.63) is 41.5 Å². The van der Waals surface area contributed by atoms with Crippen LogP contribution in [-0.4, -0.2) is 32.1 Å². The van der Waals surface area contributed by atoms with Crippen molar-refractivity contribution in [1.29, 1.82) is 0 Å². The maximum absolute atomic E-state index is 6.26. The molecule has 4 fully saturated rings. The predicted octanol–water partition coefficient (Wildman–Crippen LogP) is 3.26. The Bertz CT molecular complexity index is 518. The number of hydrogen-bond acceptors (Lipinski definition) is 2. The fraction of sp³-hybridized carbons (Fsp3) is 0.556. The minimum absolute atomic E-state index is 0.787. The van der Waals surface area contributed by atoms with Gasteiger partial charge in [0.2, 0.25) is 0 Å². The van der Waals surface area contributed by atoms with E-state index < -0.39 is 0 Å². The van der Waals surface area contributed by atoms with Crippen LogP contribution in [0, 0.1) is 23.7 Å². The SMILES string of the molecule is CN(C)CCOC(=C1C2CC3C(C2)C13)c1ccccc1. The second kappa shape index (κ2) is 4.63. The topological polar surface area (TPSA) is 12.5 Å². The fourth-order valence-electron chi connectivity index (χ4n) is 4.42. The summed E-state index contributed by atoms with van der Waals surface area (Å²) in [6.45, 7) is 1.77. The first-order valence-corrected chi connectivity index (χ1v) is 7.82. The van der Waals surface area contributed by atoms with Crippen LogP contribution < -0.4 is 0 Å². The second-order valence-electron chi connectivity index (χ2n) is 6.82. The Morgan fingerprint density at radius 1 is 1.15 bits per heavy atom. The highest BCUT2D eigenvalue weighted by atomic mass is 16.5. The van der Waals surface area contributed by atoms with E-state index in [-0.39, 0.29) is 0 Å². The third-order valence-electron chi connectivity index (χ3n) is 5.33. The Balaban J connectivity index is 1.63. The first kappa shape index (κ1) is 12.5. The largest absolute Gasteiger partial charge is 0.492 e. The van der Waals surface area contributed by atoms with E-state index >= 15 is 0 Å². The van der Waals surface area contributed by atoms with Crippen LogP contribution in [0.3, 0.4) is 0 Å². The van der Waals surface area contributed by atoms with Crippen molar-refractivity contribution in [3.63, 3.8) is 0 Å². The molecule has 0 N–H and O–H groups in total. The summed E-state index contributed by atoms with van der Waals surface area (Å²) < 4.78 is 6.26. The summed E-state index contributed by atoms with van der Waals surface area (Å²) in [6.07, 6.45) is 2.86. The highest BCUT2D eigenvalue weighted by molar-refractivity contribution is 5.67. The summed E-state index contributed by atoms with van der Waals surface area (Å²) in [7, 11) is 4.20. The molecule has 20 heavy (non-hydrogen) atoms. The number of rotatable bonds is 5. The summed E-state index contributed by atoms with van der Waals surface area (Å²) in [5, 5.41) is 0. The molecule has 0 aromatic heterocycles. The summed E-state index contributed by atoms with van der Waals surface area (Å²) >= 11 is 0. The van der Waals surface area contributed by atoms with Crippen molar-refractivity contribution >= 4 is 5.76 Å². The van der Waals surface area contributed by atoms with Gasteiger partial charge in [0.1, 0.15) is 12.4 Å². The van der Waals surface area contributed by atoms with Crippen molar-refractivity contribution in [1.82, 2.24) is 4.90 Å². The van der Waals surface area contributed by atoms with Crippen LogP contribution in [0.15, 0.2) is 35.9 Å². The Morgan fingerprint density at radius 3 is 2.40 bits per heavy atom. The van der Waals surface area contributed by atoms with Gasteiger partial charge in [-0.15, -0.1) is 0 Å². The second-order valence-corrected chi connectivity index (χ2v) is 6.82. The third kappa shape index (κ3) is 1.89. The highest BCUT2D eigenvalue weighted by Gasteiger charge is 2.66. The number of benzene rings is 1. The lowest BCUT2D eigenvalue weighted by atomic mass is 10.0. The summed E-state index contributed by atoms with van der Waals surface area (Å²) in [6, 6.07) is 10.7. The van der Waals surface area contributed by atoms with Crippen LogP contribution >= 0.6 is 0 Å². The van der Waals surface area contributed by atoms with Gasteiger partial charge in [0.25, 0.3) is 0 Å². The molecule has 0 heterocycles. The van der Waals surface area contributed by atoms with Crippen molar-refractivity contribution < 1.29 is 4.74 Å². The molecular formula is C18H23NO. The van der Waals surface area contributed by atoms with E-state index in [1.54, 1.807) is 5.57 Å². The molecule has 5 rings (SSSR count). The maximum Gasteiger partial charge on any atom is 0.126 e. The lowest BCUT2D eigenvalue weighted by Gasteiger charge is -2.18. The molecule has 0 saturated heterocycles. The average Bonchev–Trinajstić information content (AvgIpc) is 2.85. The van der Waals surface area contributed by atoms with Crippen LogP contribution in [0.2, 0.25) is 0 Å². The van der Waals surface area contributed by atoms with E-state index in [4.69, 9.17) is 4.74 Å². The number of allylic oxidation sites excluding steroid dienone is 1. The molecule has 1 aromatic rings. The van der Waals surface area contributed by atoms with E-state index in [2.05, 4.69) is 49.3 Å². The molecule has 106 valence electrons. The van der Waals surface area contributed by atoms with E-state index in [9.17, 15) is 0 Å². The van der Waals surface area contributed by atoms with Crippen molar-refractivity contribution in [2.24, 2.45) is 23.7 Å². The minimum atomic E-state index is 0.787. The smallest absolute Gasteiger partial charge is 0.126 e. The monoisotopic (exact) mass is 269 g/mol. The number of hydrogen-bond donors (Lipinski definition) is 0. The van der Waals surface area contributed by atoms with Gasteiger partial charge in [-0.3, -0.25) is 0 Å². The van der Waals surface area contributed by atoms with Gasteiger partial charge in [0.15, 0.2) is 0 Å². The standard InChI is InChI=1S/C18H23NO/c1-19(2)8-9-20-18(12-6-4-3-5-7-12)16-13-10-14-15(11-13)17(14)16/h3-7,13-15,17H,8-11H2,1-2H3. The van der Waals surface area contributed by atoms with E-state index in [1.807, 2.05) is 0 Å². The van der Waals surface area contributed by atoms with Gasteiger partial charge in [-0.2, -0.15) is 0 Å². The van der Waals surface area contributed by atoms with Gasteiger partial charge < -0.3 is 9.64 Å². The van der Waals surface area contributed by atoms with Crippen LogP contribution in [0.4, 0.5) is 0 Å². The van der Waals surface area contributed by atoms with E-state index in [0.717, 1.165) is 36.8 Å². The van der Waals surface area contributed by atoms with Gasteiger partial charge >= 0.3 is 0 Å². The number of nitrogens with zero attached hydrogens (tertiary/aromatic N) is 1. The van der Waals surface area contributed by atoms with E-state index in [1.165, 1.54) is 24.2 Å². The molecule has 2 unspecified atom stereocenters. The molecule has 0 amide bonds. The zero-order valence-electron chi connectivity index (χ0n) is 12.4. The summed E-state index contributed by atoms with van der Waals surface area (Å²) in [4.78, 5) is 2.18. The molecule has 4 aliphatic rings. The van der Waals surface area contributed by atoms with Crippen LogP contribution in [0.1, 0.15) is 18.4 Å². The molecule has 2 heteroatoms. The Kier molecular flexibility index (Phi) is 2.88. The summed E-state index contributed by atoms with van der Waals surface area (Å²) in [5.41, 5.74) is 2.93. The first-order valence-electron chi connectivity index (χ1n) is 7.82. The van der Waals surface area contributed by atoms with Gasteiger partial charge in [0, 0.05) is 12.1 Å². The normalized spacial score (nSPS) is 35.5. The molecule has 0 aliphatic heterocycles. The average molecular weight is 269 g/mol. The van der Waals surface area contributed by atoms with Crippen molar-refractivity contribution in [2.45, 2.75) is 12.8 Å². The molecule has 1 aromatic carbocycles. The van der Waals surface area contributed by atoms with Crippen molar-refractivity contribution in [3.8, 4) is 0 Å². The zero-order valence-corrected chi connectivity index (χ0v) is 12.4. The molecule has 0 radical (unpaired) electrons. The molecule has 4 aliphatic carbocycles. The molecule has 2 atom stereocenters. The zero-order chi connectivity index (χ0) is 13.7. The Labute approximate surface area is 121 Å². The highest BCUT2D eigenvalue weighted by Crippen LogP contribution is 2.74. The van der Waals surface area contributed by atoms with E-state index in [0.29, 0.717) is 0 Å². The van der Waals surface area contributed by atoms with Crippen LogP contribution in [0.5, 0.6) is 0 Å². The van der Waals surface area contributed by atoms with Gasteiger partial charge in [-0.25, -0.2) is 0 Å². The first-order chi connectivity index (χ1) is 9.75. The van der Waals surface area contributed by atoms with Crippen molar-refractivity contribution in [2.75, 3.05) is 27.2 Å². The molecule has 0 spiro atoms. The molecule has 4 bridgehead atoms. The Morgan fingerprint density at radius 2 is 1.85 bits per heavy atom. The third-order valence-corrected chi connectivity index (χ3v) is 5.33. The minimum Gasteiger partial charge on any atom is -0.492 e. The number of ether oxygens (including phenoxy) is 1. The van der Waals surface area contributed by atoms with Gasteiger partial charge in [0.05, 0.1) is 0 Å². The Hall–Kier alpha value is -1.28. The van der Waals surface area contributed by atoms with Crippen LogP contribution in [0.25, 0.3) is 5.76 Å². The molecule has 4 saturated carbocycles. The lowest BCUT2D eigenvalue weighted by molar-refractivity contribution is 0.229. The molecular weight excluding hydrogens is 246 g/mol. The maximum atomic E-state index is 6.26. The molecule has 2 nitrogen and oxygen atoms in total. The lowest BCUT2D eigenvalue weighted by Crippen LogP contribution is -2.18. The fourth-order valence-corrected chi connectivity index (χ4v) is 4.42. The van der Waals surface area contributed by atoms with Gasteiger partial charge in [-0.05, 0) is 56.2 Å². The van der Waals surface area contributed by atoms with Gasteiger partial charge in [-0.1, -0.05) is 30.3 Å². The number of likely N-dealkylation sites (N-methyl/N-ethyl adjacent to an activating group) is 1. The van der Waals surface area contributed by atoms with Crippen LogP contribution in [-0.2, 0) is 4.74 Å².